The number of rotatable bonds is 1. The largest absolute Gasteiger partial charge is 0.512 e. The first-order valence-electron chi connectivity index (χ1n) is 4.71. The van der Waals surface area contributed by atoms with Gasteiger partial charge in [0.2, 0.25) is 5.88 Å². The van der Waals surface area contributed by atoms with Crippen LogP contribution in [0.2, 0.25) is 0 Å². The van der Waals surface area contributed by atoms with Crippen LogP contribution in [0.1, 0.15) is 5.56 Å². The first kappa shape index (κ1) is 11.9. The molecule has 1 aromatic heterocycles. The van der Waals surface area contributed by atoms with Crippen LogP contribution in [0, 0.1) is 10.5 Å². The molecule has 0 atom stereocenters. The maximum atomic E-state index is 11.8. The first-order chi connectivity index (χ1) is 7.97. The van der Waals surface area contributed by atoms with E-state index >= 15 is 0 Å². The second-order valence-electron chi connectivity index (χ2n) is 3.51. The van der Waals surface area contributed by atoms with Crippen molar-refractivity contribution in [2.45, 2.75) is 6.92 Å². The highest BCUT2D eigenvalue weighted by atomic mass is 127. The van der Waals surface area contributed by atoms with Crippen LogP contribution in [0.15, 0.2) is 23.0 Å². The Labute approximate surface area is 110 Å². The van der Waals surface area contributed by atoms with E-state index in [9.17, 15) is 9.59 Å². The third-order valence-electron chi connectivity index (χ3n) is 2.26. The molecular formula is C11H8INO4. The minimum absolute atomic E-state index is 0.0728. The fourth-order valence-corrected chi connectivity index (χ4v) is 2.46. The summed E-state index contributed by atoms with van der Waals surface area (Å²) in [5.74, 6) is -0.0728. The van der Waals surface area contributed by atoms with E-state index in [4.69, 9.17) is 5.11 Å². The van der Waals surface area contributed by atoms with Gasteiger partial charge in [-0.25, -0.2) is 4.79 Å². The summed E-state index contributed by atoms with van der Waals surface area (Å²) < 4.78 is 5.40. The predicted octanol–water partition coefficient (Wildman–Crippen LogP) is 2.50. The van der Waals surface area contributed by atoms with Crippen molar-refractivity contribution >= 4 is 39.6 Å². The highest BCUT2D eigenvalue weighted by Gasteiger charge is 2.08. The molecule has 0 aliphatic heterocycles. The highest BCUT2D eigenvalue weighted by molar-refractivity contribution is 14.1. The van der Waals surface area contributed by atoms with Crippen LogP contribution in [0.4, 0.5) is 4.79 Å². The van der Waals surface area contributed by atoms with Crippen LogP contribution >= 0.6 is 22.6 Å². The Morgan fingerprint density at radius 1 is 1.41 bits per heavy atom. The van der Waals surface area contributed by atoms with E-state index in [1.807, 2.05) is 13.0 Å². The van der Waals surface area contributed by atoms with Crippen LogP contribution < -0.4 is 10.2 Å². The molecule has 0 radical (unpaired) electrons. The average Bonchev–Trinajstić information content (AvgIpc) is 2.13. The summed E-state index contributed by atoms with van der Waals surface area (Å²) >= 11 is 2.12. The zero-order chi connectivity index (χ0) is 12.6. The van der Waals surface area contributed by atoms with Gasteiger partial charge in [-0.05, 0) is 47.2 Å². The van der Waals surface area contributed by atoms with Gasteiger partial charge in [-0.3, -0.25) is 4.79 Å². The van der Waals surface area contributed by atoms with Crippen molar-refractivity contribution in [3.8, 4) is 5.88 Å². The Bertz CT molecular complexity index is 662. The SMILES string of the molecule is Cc1cc(I)cc2[nH]c(OC(=O)O)cc(=O)c12. The quantitative estimate of drug-likeness (QED) is 0.615. The molecular weight excluding hydrogens is 337 g/mol. The van der Waals surface area contributed by atoms with Crippen LogP contribution in [-0.2, 0) is 0 Å². The standard InChI is InChI=1S/C11H8INO4/c1-5-2-6(12)3-7-10(5)8(14)4-9(13-7)17-11(15)16/h2-4H,1H3,(H,13,14)(H,15,16). The second-order valence-corrected chi connectivity index (χ2v) is 4.76. The van der Waals surface area contributed by atoms with Gasteiger partial charge in [-0.15, -0.1) is 0 Å². The summed E-state index contributed by atoms with van der Waals surface area (Å²) in [6.07, 6.45) is -1.46. The lowest BCUT2D eigenvalue weighted by atomic mass is 10.1. The van der Waals surface area contributed by atoms with Gasteiger partial charge in [0, 0.05) is 15.0 Å². The van der Waals surface area contributed by atoms with E-state index in [-0.39, 0.29) is 11.3 Å². The summed E-state index contributed by atoms with van der Waals surface area (Å²) in [5, 5.41) is 9.04. The van der Waals surface area contributed by atoms with Gasteiger partial charge >= 0.3 is 6.16 Å². The van der Waals surface area contributed by atoms with Crippen molar-refractivity contribution < 1.29 is 14.6 Å². The molecule has 0 bridgehead atoms. The molecule has 1 aromatic carbocycles. The van der Waals surface area contributed by atoms with E-state index in [2.05, 4.69) is 32.3 Å². The molecule has 0 fully saturated rings. The molecule has 0 spiro atoms. The number of fused-ring (bicyclic) bond motifs is 1. The topological polar surface area (TPSA) is 79.4 Å². The third-order valence-corrected chi connectivity index (χ3v) is 2.89. The molecule has 0 saturated heterocycles. The van der Waals surface area contributed by atoms with Crippen molar-refractivity contribution in [2.24, 2.45) is 0 Å². The minimum Gasteiger partial charge on any atom is -0.449 e. The van der Waals surface area contributed by atoms with Crippen molar-refractivity contribution in [1.82, 2.24) is 4.98 Å². The lowest BCUT2D eigenvalue weighted by molar-refractivity contribution is 0.142. The summed E-state index contributed by atoms with van der Waals surface area (Å²) in [4.78, 5) is 25.0. The summed E-state index contributed by atoms with van der Waals surface area (Å²) in [6, 6.07) is 4.78. The molecule has 0 saturated carbocycles. The monoisotopic (exact) mass is 345 g/mol. The molecule has 0 amide bonds. The Balaban J connectivity index is 2.73. The van der Waals surface area contributed by atoms with E-state index in [0.29, 0.717) is 10.9 Å². The first-order valence-corrected chi connectivity index (χ1v) is 5.79. The third kappa shape index (κ3) is 2.41. The Morgan fingerprint density at radius 3 is 2.76 bits per heavy atom. The predicted molar refractivity (Wildman–Crippen MR) is 70.7 cm³/mol. The second kappa shape index (κ2) is 4.36. The van der Waals surface area contributed by atoms with Gasteiger partial charge in [-0.1, -0.05) is 0 Å². The Hall–Kier alpha value is -1.57. The van der Waals surface area contributed by atoms with Gasteiger partial charge in [0.1, 0.15) is 0 Å². The number of hydrogen-bond acceptors (Lipinski definition) is 3. The summed E-state index contributed by atoms with van der Waals surface area (Å²) in [5.41, 5.74) is 1.15. The number of aromatic nitrogens is 1. The average molecular weight is 345 g/mol. The molecule has 2 N–H and O–H groups in total. The van der Waals surface area contributed by atoms with Crippen molar-refractivity contribution in [1.29, 1.82) is 0 Å². The van der Waals surface area contributed by atoms with Crippen molar-refractivity contribution in [3.63, 3.8) is 0 Å². The van der Waals surface area contributed by atoms with Crippen molar-refractivity contribution in [3.05, 3.63) is 37.6 Å². The molecule has 0 aliphatic rings. The number of halogens is 1. The minimum atomic E-state index is -1.46. The maximum absolute atomic E-state index is 11.8. The zero-order valence-corrected chi connectivity index (χ0v) is 10.9. The lowest BCUT2D eigenvalue weighted by Crippen LogP contribution is -2.10. The number of ether oxygens (including phenoxy) is 1. The van der Waals surface area contributed by atoms with Gasteiger partial charge in [-0.2, -0.15) is 0 Å². The highest BCUT2D eigenvalue weighted by Crippen LogP contribution is 2.19. The molecule has 17 heavy (non-hydrogen) atoms. The number of benzene rings is 1. The molecule has 2 rings (SSSR count). The van der Waals surface area contributed by atoms with Crippen LogP contribution in [0.25, 0.3) is 10.9 Å². The van der Waals surface area contributed by atoms with Gasteiger partial charge in [0.05, 0.1) is 5.52 Å². The smallest absolute Gasteiger partial charge is 0.449 e. The number of nitrogens with one attached hydrogen (secondary N) is 1. The van der Waals surface area contributed by atoms with Gasteiger partial charge in [0.15, 0.2) is 5.43 Å². The molecule has 0 unspecified atom stereocenters. The number of pyridine rings is 1. The molecule has 5 nitrogen and oxygen atoms in total. The fourth-order valence-electron chi connectivity index (χ4n) is 1.68. The van der Waals surface area contributed by atoms with E-state index < -0.39 is 6.16 Å². The van der Waals surface area contributed by atoms with E-state index in [0.717, 1.165) is 15.2 Å². The molecule has 6 heteroatoms. The number of H-pyrrole nitrogens is 1. The maximum Gasteiger partial charge on any atom is 0.512 e. The van der Waals surface area contributed by atoms with E-state index in [1.165, 1.54) is 0 Å². The van der Waals surface area contributed by atoms with Crippen molar-refractivity contribution in [2.75, 3.05) is 0 Å². The van der Waals surface area contributed by atoms with E-state index in [1.54, 1.807) is 6.07 Å². The van der Waals surface area contributed by atoms with Crippen LogP contribution in [0.5, 0.6) is 5.88 Å². The summed E-state index contributed by atoms with van der Waals surface area (Å²) in [7, 11) is 0. The van der Waals surface area contributed by atoms with Crippen LogP contribution in [-0.4, -0.2) is 16.2 Å². The molecule has 2 aromatic rings. The number of aromatic amines is 1. The number of aryl methyl sites for hydroxylation is 1. The van der Waals surface area contributed by atoms with Crippen LogP contribution in [0.3, 0.4) is 0 Å². The Morgan fingerprint density at radius 2 is 2.12 bits per heavy atom. The molecule has 1 heterocycles. The van der Waals surface area contributed by atoms with Gasteiger partial charge < -0.3 is 14.8 Å². The number of carbonyl (C=O) groups is 1. The Kier molecular flexibility index (Phi) is 3.05. The van der Waals surface area contributed by atoms with Gasteiger partial charge in [0.25, 0.3) is 0 Å². The number of hydrogen-bond donors (Lipinski definition) is 2. The molecule has 88 valence electrons. The molecule has 0 aliphatic carbocycles. The lowest BCUT2D eigenvalue weighted by Gasteiger charge is -2.05. The zero-order valence-electron chi connectivity index (χ0n) is 8.78. The normalized spacial score (nSPS) is 10.5. The number of carboxylic acid groups (broad SMARTS) is 1. The fraction of sp³-hybridized carbons (Fsp3) is 0.0909. The summed E-state index contributed by atoms with van der Waals surface area (Å²) in [6.45, 7) is 1.83.